The third-order valence-corrected chi connectivity index (χ3v) is 3.85. The Labute approximate surface area is 101 Å². The first-order valence-electron chi connectivity index (χ1n) is 6.59. The average molecular weight is 224 g/mol. The molecule has 2 aliphatic carbocycles. The zero-order chi connectivity index (χ0) is 11.2. The van der Waals surface area contributed by atoms with Crippen LogP contribution in [-0.4, -0.2) is 11.0 Å². The highest BCUT2D eigenvalue weighted by Gasteiger charge is 2.25. The number of benzene rings is 1. The lowest BCUT2D eigenvalue weighted by Gasteiger charge is -2.13. The van der Waals surface area contributed by atoms with Gasteiger partial charge >= 0.3 is 0 Å². The molecule has 2 nitrogen and oxygen atoms in total. The molecule has 0 bridgehead atoms. The van der Waals surface area contributed by atoms with E-state index in [-0.39, 0.29) is 0 Å². The Kier molecular flexibility index (Phi) is 1.92. The van der Waals surface area contributed by atoms with Crippen molar-refractivity contribution < 1.29 is 0 Å². The first kappa shape index (κ1) is 9.46. The smallest absolute Gasteiger partial charge is 0.0726 e. The van der Waals surface area contributed by atoms with Gasteiger partial charge in [-0.15, -0.1) is 0 Å². The minimum atomic E-state index is 0.713. The Morgan fingerprint density at radius 3 is 2.88 bits per heavy atom. The number of rotatable bonds is 2. The van der Waals surface area contributed by atoms with Crippen LogP contribution in [0.2, 0.25) is 0 Å². The van der Waals surface area contributed by atoms with E-state index in [1.807, 2.05) is 0 Å². The summed E-state index contributed by atoms with van der Waals surface area (Å²) in [6.07, 6.45) is 6.26. The largest absolute Gasteiger partial charge is 0.381 e. The summed E-state index contributed by atoms with van der Waals surface area (Å²) in [7, 11) is 0. The van der Waals surface area contributed by atoms with Crippen molar-refractivity contribution in [2.75, 3.05) is 5.32 Å². The minimum Gasteiger partial charge on any atom is -0.381 e. The fourth-order valence-electron chi connectivity index (χ4n) is 2.81. The second-order valence-corrected chi connectivity index (χ2v) is 5.20. The Bertz CT molecular complexity index is 585. The number of pyridine rings is 1. The van der Waals surface area contributed by atoms with Gasteiger partial charge in [0.15, 0.2) is 0 Å². The molecule has 0 saturated heterocycles. The third kappa shape index (κ3) is 1.51. The molecule has 1 saturated carbocycles. The Hall–Kier alpha value is -1.57. The number of aryl methyl sites for hydroxylation is 1. The molecular formula is C15H16N2. The summed E-state index contributed by atoms with van der Waals surface area (Å²) in [6.45, 7) is 0. The first-order chi connectivity index (χ1) is 8.42. The number of aromatic nitrogens is 1. The van der Waals surface area contributed by atoms with E-state index in [4.69, 9.17) is 4.98 Å². The molecule has 1 N–H and O–H groups in total. The van der Waals surface area contributed by atoms with Gasteiger partial charge in [-0.2, -0.15) is 0 Å². The van der Waals surface area contributed by atoms with E-state index in [1.165, 1.54) is 48.0 Å². The Morgan fingerprint density at radius 2 is 2.00 bits per heavy atom. The molecule has 1 fully saturated rings. The molecule has 1 aromatic carbocycles. The van der Waals surface area contributed by atoms with Crippen molar-refractivity contribution in [1.29, 1.82) is 0 Å². The van der Waals surface area contributed by atoms with Gasteiger partial charge in [-0.05, 0) is 43.7 Å². The predicted octanol–water partition coefficient (Wildman–Crippen LogP) is 3.30. The van der Waals surface area contributed by atoms with Crippen LogP contribution in [0.25, 0.3) is 10.9 Å². The summed E-state index contributed by atoms with van der Waals surface area (Å²) in [5.41, 5.74) is 5.34. The van der Waals surface area contributed by atoms with Gasteiger partial charge in [0.25, 0.3) is 0 Å². The topological polar surface area (TPSA) is 24.9 Å². The number of anilines is 1. The Balaban J connectivity index is 1.98. The number of para-hydroxylation sites is 1. The van der Waals surface area contributed by atoms with Crippen LogP contribution < -0.4 is 5.32 Å². The van der Waals surface area contributed by atoms with Gasteiger partial charge in [0.1, 0.15) is 0 Å². The molecule has 2 aromatic rings. The van der Waals surface area contributed by atoms with Crippen molar-refractivity contribution in [3.63, 3.8) is 0 Å². The number of fused-ring (bicyclic) bond motifs is 2. The van der Waals surface area contributed by atoms with Gasteiger partial charge in [0.2, 0.25) is 0 Å². The monoisotopic (exact) mass is 224 g/mol. The second-order valence-electron chi connectivity index (χ2n) is 5.20. The van der Waals surface area contributed by atoms with Crippen LogP contribution in [0, 0.1) is 0 Å². The molecule has 0 amide bonds. The van der Waals surface area contributed by atoms with Crippen molar-refractivity contribution in [2.45, 2.75) is 38.1 Å². The highest BCUT2D eigenvalue weighted by atomic mass is 15.0. The average Bonchev–Trinajstić information content (AvgIpc) is 3.05. The molecule has 0 radical (unpaired) electrons. The summed E-state index contributed by atoms with van der Waals surface area (Å²) in [4.78, 5) is 4.80. The lowest BCUT2D eigenvalue weighted by atomic mass is 10.1. The number of nitrogens with zero attached hydrogens (tertiary/aromatic N) is 1. The standard InChI is InChI=1S/C15H16N2/c1-2-6-13-11(4-1)15(16-10-8-9-10)12-5-3-7-14(12)17-13/h1-2,4,6,10H,3,5,7-9H2,(H,16,17). The Morgan fingerprint density at radius 1 is 1.12 bits per heavy atom. The van der Waals surface area contributed by atoms with Crippen LogP contribution >= 0.6 is 0 Å². The molecule has 2 heteroatoms. The molecule has 17 heavy (non-hydrogen) atoms. The normalized spacial score (nSPS) is 18.4. The van der Waals surface area contributed by atoms with Gasteiger partial charge in [-0.3, -0.25) is 4.98 Å². The highest BCUT2D eigenvalue weighted by Crippen LogP contribution is 2.36. The van der Waals surface area contributed by atoms with Crippen LogP contribution in [0.1, 0.15) is 30.5 Å². The van der Waals surface area contributed by atoms with Gasteiger partial charge in [-0.1, -0.05) is 18.2 Å². The molecule has 1 heterocycles. The molecule has 0 spiro atoms. The number of nitrogens with one attached hydrogen (secondary N) is 1. The summed E-state index contributed by atoms with van der Waals surface area (Å²) in [6, 6.07) is 9.24. The molecule has 4 rings (SSSR count). The van der Waals surface area contributed by atoms with Gasteiger partial charge in [0.05, 0.1) is 5.52 Å². The van der Waals surface area contributed by atoms with Gasteiger partial charge < -0.3 is 5.32 Å². The second kappa shape index (κ2) is 3.46. The molecule has 0 unspecified atom stereocenters. The van der Waals surface area contributed by atoms with Crippen molar-refractivity contribution in [1.82, 2.24) is 4.98 Å². The maximum Gasteiger partial charge on any atom is 0.0726 e. The van der Waals surface area contributed by atoms with Crippen LogP contribution in [-0.2, 0) is 12.8 Å². The molecule has 2 aliphatic rings. The molecule has 0 aliphatic heterocycles. The zero-order valence-corrected chi connectivity index (χ0v) is 9.87. The van der Waals surface area contributed by atoms with Crippen LogP contribution in [0.15, 0.2) is 24.3 Å². The van der Waals surface area contributed by atoms with E-state index in [9.17, 15) is 0 Å². The summed E-state index contributed by atoms with van der Waals surface area (Å²) in [5.74, 6) is 0. The van der Waals surface area contributed by atoms with E-state index in [0.717, 1.165) is 11.9 Å². The zero-order valence-electron chi connectivity index (χ0n) is 9.87. The summed E-state index contributed by atoms with van der Waals surface area (Å²) in [5, 5.41) is 5.02. The highest BCUT2D eigenvalue weighted by molar-refractivity contribution is 5.93. The fraction of sp³-hybridized carbons (Fsp3) is 0.400. The van der Waals surface area contributed by atoms with E-state index in [2.05, 4.69) is 29.6 Å². The van der Waals surface area contributed by atoms with E-state index >= 15 is 0 Å². The van der Waals surface area contributed by atoms with Crippen molar-refractivity contribution in [3.8, 4) is 0 Å². The first-order valence-corrected chi connectivity index (χ1v) is 6.59. The number of hydrogen-bond acceptors (Lipinski definition) is 2. The van der Waals surface area contributed by atoms with E-state index < -0.39 is 0 Å². The molecular weight excluding hydrogens is 208 g/mol. The maximum atomic E-state index is 4.80. The quantitative estimate of drug-likeness (QED) is 0.846. The summed E-state index contributed by atoms with van der Waals surface area (Å²) >= 11 is 0. The lowest BCUT2D eigenvalue weighted by molar-refractivity contribution is 0.901. The fourth-order valence-corrected chi connectivity index (χ4v) is 2.81. The summed E-state index contributed by atoms with van der Waals surface area (Å²) < 4.78 is 0. The van der Waals surface area contributed by atoms with Crippen molar-refractivity contribution in [3.05, 3.63) is 35.5 Å². The van der Waals surface area contributed by atoms with Gasteiger partial charge in [-0.25, -0.2) is 0 Å². The SMILES string of the molecule is c1ccc2c(NC3CC3)c3c(nc2c1)CCC3. The van der Waals surface area contributed by atoms with Gasteiger partial charge in [0, 0.05) is 22.8 Å². The third-order valence-electron chi connectivity index (χ3n) is 3.85. The minimum absolute atomic E-state index is 0.713. The van der Waals surface area contributed by atoms with Crippen molar-refractivity contribution >= 4 is 16.6 Å². The van der Waals surface area contributed by atoms with Crippen LogP contribution in [0.4, 0.5) is 5.69 Å². The van der Waals surface area contributed by atoms with Crippen molar-refractivity contribution in [2.24, 2.45) is 0 Å². The predicted molar refractivity (Wildman–Crippen MR) is 70.4 cm³/mol. The van der Waals surface area contributed by atoms with Crippen LogP contribution in [0.5, 0.6) is 0 Å². The van der Waals surface area contributed by atoms with Crippen LogP contribution in [0.3, 0.4) is 0 Å². The molecule has 86 valence electrons. The van der Waals surface area contributed by atoms with E-state index in [0.29, 0.717) is 6.04 Å². The lowest BCUT2D eigenvalue weighted by Crippen LogP contribution is -2.06. The van der Waals surface area contributed by atoms with E-state index in [1.54, 1.807) is 0 Å². The maximum absolute atomic E-state index is 4.80. The molecule has 0 atom stereocenters. The number of hydrogen-bond donors (Lipinski definition) is 1. The molecule has 1 aromatic heterocycles.